The Labute approximate surface area is 139 Å². The van der Waals surface area contributed by atoms with Gasteiger partial charge in [0.05, 0.1) is 21.9 Å². The van der Waals surface area contributed by atoms with E-state index >= 15 is 0 Å². The number of thiophene rings is 1. The number of rotatable bonds is 3. The Hall–Kier alpha value is -1.50. The fourth-order valence-corrected chi connectivity index (χ4v) is 4.69. The average Bonchev–Trinajstić information content (AvgIpc) is 3.18. The Bertz CT molecular complexity index is 830. The molecule has 0 aliphatic heterocycles. The van der Waals surface area contributed by atoms with Crippen LogP contribution in [0.1, 0.15) is 50.6 Å². The summed E-state index contributed by atoms with van der Waals surface area (Å²) >= 11 is 1.70. The topological polar surface area (TPSA) is 77.0 Å². The Balaban J connectivity index is 1.88. The van der Waals surface area contributed by atoms with Gasteiger partial charge < -0.3 is 15.4 Å². The van der Waals surface area contributed by atoms with Crippen LogP contribution in [0.3, 0.4) is 0 Å². The zero-order valence-corrected chi connectivity index (χ0v) is 14.1. The predicted octanol–water partition coefficient (Wildman–Crippen LogP) is 3.39. The molecule has 122 valence electrons. The highest BCUT2D eigenvalue weighted by Crippen LogP contribution is 2.38. The molecule has 1 aliphatic rings. The van der Waals surface area contributed by atoms with Crippen molar-refractivity contribution < 1.29 is 5.11 Å². The lowest BCUT2D eigenvalue weighted by molar-refractivity contribution is 0.175. The molecule has 0 amide bonds. The van der Waals surface area contributed by atoms with E-state index in [0.717, 1.165) is 54.6 Å². The number of hydrogen-bond acceptors (Lipinski definition) is 5. The quantitative estimate of drug-likeness (QED) is 0.772. The lowest BCUT2D eigenvalue weighted by atomic mass is 9.86. The molecule has 6 heteroatoms. The number of aliphatic hydroxyl groups excluding tert-OH is 1. The van der Waals surface area contributed by atoms with Crippen LogP contribution in [0.5, 0.6) is 0 Å². The number of aliphatic hydroxyl groups is 1. The third-order valence-corrected chi connectivity index (χ3v) is 5.95. The number of nitrogens with two attached hydrogens (primary N) is 1. The van der Waals surface area contributed by atoms with Gasteiger partial charge >= 0.3 is 0 Å². The number of imidazole rings is 1. The molecular weight excluding hydrogens is 308 g/mol. The van der Waals surface area contributed by atoms with E-state index in [0.29, 0.717) is 12.0 Å². The summed E-state index contributed by atoms with van der Waals surface area (Å²) in [6, 6.07) is 2.43. The molecule has 5 nitrogen and oxygen atoms in total. The van der Waals surface area contributed by atoms with Gasteiger partial charge in [0.1, 0.15) is 17.4 Å². The van der Waals surface area contributed by atoms with E-state index < -0.39 is 6.10 Å². The maximum absolute atomic E-state index is 10.2. The first-order valence-electron chi connectivity index (χ1n) is 8.31. The first-order valence-corrected chi connectivity index (χ1v) is 9.19. The highest BCUT2D eigenvalue weighted by Gasteiger charge is 2.27. The molecule has 0 spiro atoms. The monoisotopic (exact) mass is 330 g/mol. The maximum Gasteiger partial charge on any atom is 0.138 e. The molecule has 0 radical (unpaired) electrons. The van der Waals surface area contributed by atoms with Crippen LogP contribution < -0.4 is 5.73 Å². The minimum atomic E-state index is -0.579. The Morgan fingerprint density at radius 1 is 1.35 bits per heavy atom. The summed E-state index contributed by atoms with van der Waals surface area (Å²) in [4.78, 5) is 9.18. The minimum absolute atomic E-state index is 0.389. The van der Waals surface area contributed by atoms with Crippen molar-refractivity contribution in [3.05, 3.63) is 23.5 Å². The molecular formula is C17H22N4OS. The van der Waals surface area contributed by atoms with Crippen molar-refractivity contribution in [2.75, 3.05) is 6.54 Å². The normalized spacial score (nSPS) is 23.6. The van der Waals surface area contributed by atoms with E-state index in [1.54, 1.807) is 18.3 Å². The van der Waals surface area contributed by atoms with Crippen molar-refractivity contribution in [1.82, 2.24) is 14.5 Å². The van der Waals surface area contributed by atoms with Crippen LogP contribution in [0.2, 0.25) is 0 Å². The van der Waals surface area contributed by atoms with Gasteiger partial charge in [-0.2, -0.15) is 0 Å². The summed E-state index contributed by atoms with van der Waals surface area (Å²) in [5.74, 6) is 1.40. The molecule has 3 N–H and O–H groups in total. The first-order chi connectivity index (χ1) is 11.2. The standard InChI is InChI=1S/C17H22N4OS/c1-10(22)17-20-14-9-19-13-6-7-23-16(13)15(14)21(17)12-4-2-11(8-18)3-5-12/h6-7,9-12,22H,2-5,8,18H2,1H3. The number of nitrogens with zero attached hydrogens (tertiary/aromatic N) is 3. The highest BCUT2D eigenvalue weighted by atomic mass is 32.1. The largest absolute Gasteiger partial charge is 0.385 e. The zero-order chi connectivity index (χ0) is 16.0. The van der Waals surface area contributed by atoms with E-state index in [-0.39, 0.29) is 0 Å². The molecule has 3 heterocycles. The Kier molecular flexibility index (Phi) is 3.83. The molecule has 3 aromatic rings. The van der Waals surface area contributed by atoms with Crippen LogP contribution in [0, 0.1) is 5.92 Å². The minimum Gasteiger partial charge on any atom is -0.385 e. The lowest BCUT2D eigenvalue weighted by Crippen LogP contribution is -2.24. The predicted molar refractivity (Wildman–Crippen MR) is 93.6 cm³/mol. The Morgan fingerprint density at radius 2 is 2.13 bits per heavy atom. The maximum atomic E-state index is 10.2. The lowest BCUT2D eigenvalue weighted by Gasteiger charge is -2.30. The second-order valence-electron chi connectivity index (χ2n) is 6.55. The summed E-state index contributed by atoms with van der Waals surface area (Å²) in [6.07, 6.45) is 5.75. The summed E-state index contributed by atoms with van der Waals surface area (Å²) < 4.78 is 3.45. The third-order valence-electron chi connectivity index (χ3n) is 5.04. The van der Waals surface area contributed by atoms with Gasteiger partial charge in [-0.15, -0.1) is 11.3 Å². The molecule has 1 fully saturated rings. The number of fused-ring (bicyclic) bond motifs is 3. The zero-order valence-electron chi connectivity index (χ0n) is 13.3. The molecule has 3 aromatic heterocycles. The summed E-state index contributed by atoms with van der Waals surface area (Å²) in [7, 11) is 0. The molecule has 0 saturated heterocycles. The third kappa shape index (κ3) is 2.45. The van der Waals surface area contributed by atoms with Crippen molar-refractivity contribution in [3.63, 3.8) is 0 Å². The molecule has 1 aliphatic carbocycles. The molecule has 23 heavy (non-hydrogen) atoms. The molecule has 0 aromatic carbocycles. The van der Waals surface area contributed by atoms with Crippen LogP contribution in [-0.2, 0) is 0 Å². The molecule has 0 bridgehead atoms. The highest BCUT2D eigenvalue weighted by molar-refractivity contribution is 7.18. The van der Waals surface area contributed by atoms with Crippen LogP contribution in [-0.4, -0.2) is 26.2 Å². The number of pyridine rings is 1. The smallest absolute Gasteiger partial charge is 0.138 e. The van der Waals surface area contributed by atoms with Gasteiger partial charge in [-0.3, -0.25) is 4.98 Å². The van der Waals surface area contributed by atoms with Crippen molar-refractivity contribution in [2.24, 2.45) is 11.7 Å². The van der Waals surface area contributed by atoms with E-state index in [1.165, 1.54) is 4.70 Å². The first kappa shape index (κ1) is 15.1. The van der Waals surface area contributed by atoms with Crippen LogP contribution in [0.15, 0.2) is 17.6 Å². The molecule has 1 saturated carbocycles. The fourth-order valence-electron chi connectivity index (χ4n) is 3.80. The van der Waals surface area contributed by atoms with Gasteiger partial charge in [0.2, 0.25) is 0 Å². The van der Waals surface area contributed by atoms with Crippen LogP contribution in [0.4, 0.5) is 0 Å². The summed E-state index contributed by atoms with van der Waals surface area (Å²) in [6.45, 7) is 2.57. The van der Waals surface area contributed by atoms with Crippen molar-refractivity contribution >= 4 is 32.6 Å². The second kappa shape index (κ2) is 5.85. The van der Waals surface area contributed by atoms with E-state index in [9.17, 15) is 5.11 Å². The van der Waals surface area contributed by atoms with Gasteiger partial charge in [0.15, 0.2) is 0 Å². The SMILES string of the molecule is CC(O)c1nc2cnc3ccsc3c2n1C1CCC(CN)CC1. The molecule has 1 atom stereocenters. The van der Waals surface area contributed by atoms with Crippen LogP contribution in [0.25, 0.3) is 21.3 Å². The van der Waals surface area contributed by atoms with Crippen molar-refractivity contribution in [1.29, 1.82) is 0 Å². The molecule has 4 rings (SSSR count). The van der Waals surface area contributed by atoms with Gasteiger partial charge in [0, 0.05) is 6.04 Å². The number of aromatic nitrogens is 3. The fraction of sp³-hybridized carbons (Fsp3) is 0.529. The van der Waals surface area contributed by atoms with Gasteiger partial charge in [-0.05, 0) is 56.5 Å². The van der Waals surface area contributed by atoms with E-state index in [4.69, 9.17) is 5.73 Å². The van der Waals surface area contributed by atoms with Gasteiger partial charge in [-0.25, -0.2) is 4.98 Å². The van der Waals surface area contributed by atoms with Gasteiger partial charge in [0.25, 0.3) is 0 Å². The van der Waals surface area contributed by atoms with Crippen molar-refractivity contribution in [2.45, 2.75) is 44.8 Å². The Morgan fingerprint density at radius 3 is 2.83 bits per heavy atom. The second-order valence-corrected chi connectivity index (χ2v) is 7.47. The summed E-state index contributed by atoms with van der Waals surface area (Å²) in [5, 5.41) is 12.3. The van der Waals surface area contributed by atoms with E-state index in [2.05, 4.69) is 19.9 Å². The molecule has 1 unspecified atom stereocenters. The van der Waals surface area contributed by atoms with E-state index in [1.807, 2.05) is 12.3 Å². The van der Waals surface area contributed by atoms with Crippen molar-refractivity contribution in [3.8, 4) is 0 Å². The summed E-state index contributed by atoms with van der Waals surface area (Å²) in [5.41, 5.74) is 8.86. The van der Waals surface area contributed by atoms with Gasteiger partial charge in [-0.1, -0.05) is 0 Å². The van der Waals surface area contributed by atoms with Crippen LogP contribution >= 0.6 is 11.3 Å². The number of hydrogen-bond donors (Lipinski definition) is 2. The average molecular weight is 330 g/mol.